The molecular formula is CH3NO3ZnZr+4. The van der Waals surface area contributed by atoms with Crippen molar-refractivity contribution in [3.05, 3.63) is 0 Å². The second-order valence-electron chi connectivity index (χ2n) is 0.250. The van der Waals surface area contributed by atoms with Crippen LogP contribution in [0.15, 0.2) is 0 Å². The minimum Gasteiger partial charge on any atom is -0.652 e. The summed E-state index contributed by atoms with van der Waals surface area (Å²) in [7, 11) is 0. The van der Waals surface area contributed by atoms with E-state index in [4.69, 9.17) is 15.0 Å². The van der Waals surface area contributed by atoms with Crippen molar-refractivity contribution in [2.24, 2.45) is 0 Å². The van der Waals surface area contributed by atoms with Crippen LogP contribution < -0.4 is 16.4 Å². The molecule has 7 heavy (non-hydrogen) atoms. The van der Waals surface area contributed by atoms with Gasteiger partial charge in [0.2, 0.25) is 0 Å². The van der Waals surface area contributed by atoms with Gasteiger partial charge in [0, 0.05) is 0 Å². The molecule has 0 amide bonds. The largest absolute Gasteiger partial charge is 4.00 e. The van der Waals surface area contributed by atoms with E-state index in [2.05, 4.69) is 0 Å². The predicted octanol–water partition coefficient (Wildman–Crippen LogP) is -2.29. The minimum atomic E-state index is -2.33. The van der Waals surface area contributed by atoms with Crippen LogP contribution in [-0.2, 0) is 45.7 Å². The summed E-state index contributed by atoms with van der Waals surface area (Å²) in [5.74, 6) is 0. The third-order valence-corrected chi connectivity index (χ3v) is 0. The molecule has 0 aliphatic heterocycles. The molecule has 3 N–H and O–H groups in total. The Morgan fingerprint density at radius 3 is 1.29 bits per heavy atom. The summed E-state index contributed by atoms with van der Waals surface area (Å²) in [6.45, 7) is 0. The Labute approximate surface area is 72.8 Å². The molecule has 0 aliphatic carbocycles. The number of rotatable bonds is 0. The Bertz CT molecular complexity index is 37.9. The maximum Gasteiger partial charge on any atom is 4.00 e. The standard InChI is InChI=1S/CH2O3.H3N.Zn.Zr/c2-1(3)4;;;/h(H2,2,3,4);1H3;;/q;;+2;+4/p-2. The molecule has 0 unspecified atom stereocenters. The van der Waals surface area contributed by atoms with Gasteiger partial charge in [-0.05, 0) is 6.16 Å². The predicted molar refractivity (Wildman–Crippen MR) is 10.4 cm³/mol. The van der Waals surface area contributed by atoms with Gasteiger partial charge in [-0.2, -0.15) is 0 Å². The van der Waals surface area contributed by atoms with Gasteiger partial charge in [-0.25, -0.2) is 0 Å². The van der Waals surface area contributed by atoms with Crippen LogP contribution in [0.3, 0.4) is 0 Å². The number of carboxylic acid groups (broad SMARTS) is 2. The summed E-state index contributed by atoms with van der Waals surface area (Å²) >= 11 is 0. The SMILES string of the molecule is N.O=C([O-])[O-].[Zn+2].[Zr+4]. The summed E-state index contributed by atoms with van der Waals surface area (Å²) in [6.07, 6.45) is -2.33. The topological polar surface area (TPSA) is 98.2 Å². The van der Waals surface area contributed by atoms with Crippen molar-refractivity contribution in [2.75, 3.05) is 0 Å². The monoisotopic (exact) mass is 231 g/mol. The first-order valence-electron chi connectivity index (χ1n) is 0.612. The average Bonchev–Trinajstić information content (AvgIpc) is 0.811. The van der Waals surface area contributed by atoms with Crippen LogP contribution in [-0.4, -0.2) is 6.16 Å². The molecule has 0 atom stereocenters. The molecule has 32 valence electrons. The number of hydrogen-bond acceptors (Lipinski definition) is 4. The van der Waals surface area contributed by atoms with Crippen molar-refractivity contribution in [1.29, 1.82) is 0 Å². The fraction of sp³-hybridized carbons (Fsp3) is 0. The molecule has 0 bridgehead atoms. The normalized spacial score (nSPS) is 3.43. The van der Waals surface area contributed by atoms with Crippen LogP contribution in [0.5, 0.6) is 0 Å². The van der Waals surface area contributed by atoms with Gasteiger partial charge in [-0.15, -0.1) is 0 Å². The van der Waals surface area contributed by atoms with E-state index in [1.807, 2.05) is 0 Å². The zero-order chi connectivity index (χ0) is 3.58. The van der Waals surface area contributed by atoms with Gasteiger partial charge in [0.1, 0.15) is 0 Å². The van der Waals surface area contributed by atoms with Crippen LogP contribution in [0, 0.1) is 0 Å². The third kappa shape index (κ3) is 279. The average molecular weight is 234 g/mol. The van der Waals surface area contributed by atoms with Gasteiger partial charge < -0.3 is 21.2 Å². The van der Waals surface area contributed by atoms with Gasteiger partial charge >= 0.3 is 45.7 Å². The third-order valence-electron chi connectivity index (χ3n) is 0. The second-order valence-corrected chi connectivity index (χ2v) is 0.250. The first-order valence-corrected chi connectivity index (χ1v) is 0.612. The Morgan fingerprint density at radius 1 is 1.29 bits per heavy atom. The van der Waals surface area contributed by atoms with Gasteiger partial charge in [0.15, 0.2) is 0 Å². The summed E-state index contributed by atoms with van der Waals surface area (Å²) < 4.78 is 0. The van der Waals surface area contributed by atoms with Gasteiger partial charge in [-0.3, -0.25) is 0 Å². The Morgan fingerprint density at radius 2 is 1.29 bits per heavy atom. The first-order chi connectivity index (χ1) is 1.73. The number of hydrogen-bond donors (Lipinski definition) is 1. The molecule has 0 saturated carbocycles. The van der Waals surface area contributed by atoms with Gasteiger partial charge in [0.25, 0.3) is 0 Å². The van der Waals surface area contributed by atoms with E-state index in [1.165, 1.54) is 0 Å². The summed E-state index contributed by atoms with van der Waals surface area (Å²) in [4.78, 5) is 8.33. The fourth-order valence-electron chi connectivity index (χ4n) is 0. The first kappa shape index (κ1) is 25.1. The van der Waals surface area contributed by atoms with Crippen molar-refractivity contribution >= 4 is 6.16 Å². The van der Waals surface area contributed by atoms with E-state index in [9.17, 15) is 0 Å². The van der Waals surface area contributed by atoms with E-state index >= 15 is 0 Å². The summed E-state index contributed by atoms with van der Waals surface area (Å²) in [5.41, 5.74) is 0. The van der Waals surface area contributed by atoms with Crippen LogP contribution in [0.1, 0.15) is 0 Å². The van der Waals surface area contributed by atoms with Crippen molar-refractivity contribution in [1.82, 2.24) is 6.15 Å². The van der Waals surface area contributed by atoms with E-state index in [-0.39, 0.29) is 51.8 Å². The van der Waals surface area contributed by atoms with E-state index < -0.39 is 6.16 Å². The van der Waals surface area contributed by atoms with E-state index in [1.54, 1.807) is 0 Å². The fourth-order valence-corrected chi connectivity index (χ4v) is 0. The maximum atomic E-state index is 8.33. The zero-order valence-electron chi connectivity index (χ0n) is 3.64. The van der Waals surface area contributed by atoms with Crippen LogP contribution in [0.25, 0.3) is 0 Å². The zero-order valence-corrected chi connectivity index (χ0v) is 9.06. The summed E-state index contributed by atoms with van der Waals surface area (Å²) in [6, 6.07) is 0. The van der Waals surface area contributed by atoms with Gasteiger partial charge in [0.05, 0.1) is 0 Å². The molecule has 4 nitrogen and oxygen atoms in total. The Balaban J connectivity index is -0.0000000150. The number of carbonyl (C=O) groups is 1. The van der Waals surface area contributed by atoms with E-state index in [0.717, 1.165) is 0 Å². The van der Waals surface area contributed by atoms with Crippen molar-refractivity contribution in [3.63, 3.8) is 0 Å². The molecule has 0 heterocycles. The molecular weight excluding hydrogens is 231 g/mol. The molecule has 0 aromatic carbocycles. The van der Waals surface area contributed by atoms with Crippen LogP contribution in [0.2, 0.25) is 0 Å². The minimum absolute atomic E-state index is 0. The smallest absolute Gasteiger partial charge is 0.652 e. The molecule has 0 spiro atoms. The van der Waals surface area contributed by atoms with E-state index in [0.29, 0.717) is 0 Å². The summed E-state index contributed by atoms with van der Waals surface area (Å²) in [5, 5.41) is 16.7. The quantitative estimate of drug-likeness (QED) is 0.476. The van der Waals surface area contributed by atoms with Crippen LogP contribution >= 0.6 is 0 Å². The molecule has 0 aliphatic rings. The number of carbonyl (C=O) groups excluding carboxylic acids is 1. The van der Waals surface area contributed by atoms with Crippen molar-refractivity contribution < 1.29 is 60.7 Å². The van der Waals surface area contributed by atoms with Crippen molar-refractivity contribution in [3.8, 4) is 0 Å². The Hall–Kier alpha value is 0.736. The van der Waals surface area contributed by atoms with Gasteiger partial charge in [-0.1, -0.05) is 0 Å². The molecule has 0 aromatic rings. The second kappa shape index (κ2) is 15.9. The van der Waals surface area contributed by atoms with Crippen LogP contribution in [0.4, 0.5) is 4.79 Å². The molecule has 0 aromatic heterocycles. The molecule has 0 rings (SSSR count). The Kier molecular flexibility index (Phi) is 57.0. The maximum absolute atomic E-state index is 8.33. The molecule has 0 saturated heterocycles. The van der Waals surface area contributed by atoms with Crippen molar-refractivity contribution in [2.45, 2.75) is 0 Å². The molecule has 6 heteroatoms. The molecule has 0 fully saturated rings. The molecule has 0 radical (unpaired) electrons.